The van der Waals surface area contributed by atoms with Crippen molar-refractivity contribution in [3.05, 3.63) is 40.7 Å². The molecular weight excluding hydrogens is 331 g/mol. The van der Waals surface area contributed by atoms with E-state index in [0.29, 0.717) is 17.0 Å². The molecule has 1 N–H and O–H groups in total. The molecule has 0 aliphatic heterocycles. The minimum atomic E-state index is -5.11. The molecule has 6 nitrogen and oxygen atoms in total. The van der Waals surface area contributed by atoms with Crippen LogP contribution in [0.1, 0.15) is 35.0 Å². The lowest BCUT2D eigenvalue weighted by Gasteiger charge is -2.27. The smallest absolute Gasteiger partial charge is 0.425 e. The molecule has 9 heteroatoms. The van der Waals surface area contributed by atoms with E-state index in [-0.39, 0.29) is 12.4 Å². The fourth-order valence-electron chi connectivity index (χ4n) is 2.10. The molecule has 2 rings (SSSR count). The predicted octanol–water partition coefficient (Wildman–Crippen LogP) is 3.08. The largest absolute Gasteiger partial charge is 0.463 e. The number of carbonyl (C=O) groups is 1. The maximum atomic E-state index is 13.3. The lowest BCUT2D eigenvalue weighted by molar-refractivity contribution is -0.275. The molecule has 0 aromatic carbocycles. The van der Waals surface area contributed by atoms with E-state index >= 15 is 0 Å². The van der Waals surface area contributed by atoms with Crippen molar-refractivity contribution in [1.29, 1.82) is 0 Å². The third kappa shape index (κ3) is 3.45. The number of nitrogens with zero attached hydrogens (tertiary/aromatic N) is 1. The van der Waals surface area contributed by atoms with Gasteiger partial charge in [-0.25, -0.2) is 0 Å². The van der Waals surface area contributed by atoms with Crippen LogP contribution in [-0.4, -0.2) is 22.4 Å². The summed E-state index contributed by atoms with van der Waals surface area (Å²) in [6, 6.07) is 2.24. The molecule has 0 aliphatic rings. The molecule has 0 spiro atoms. The maximum absolute atomic E-state index is 13.3. The third-order valence-corrected chi connectivity index (χ3v) is 3.58. The van der Waals surface area contributed by atoms with Gasteiger partial charge in [0.2, 0.25) is 5.60 Å². The molecule has 0 unspecified atom stereocenters. The molecule has 1 atom stereocenters. The van der Waals surface area contributed by atoms with E-state index in [1.54, 1.807) is 13.8 Å². The summed E-state index contributed by atoms with van der Waals surface area (Å²) in [6.07, 6.45) is -6.44. The van der Waals surface area contributed by atoms with E-state index in [1.165, 1.54) is 13.0 Å². The minimum Gasteiger partial charge on any atom is -0.463 e. The Kier molecular flexibility index (Phi) is 4.75. The van der Waals surface area contributed by atoms with Crippen LogP contribution in [0.3, 0.4) is 0 Å². The third-order valence-electron chi connectivity index (χ3n) is 3.58. The number of halogens is 3. The van der Waals surface area contributed by atoms with Gasteiger partial charge in [-0.1, -0.05) is 5.16 Å². The summed E-state index contributed by atoms with van der Waals surface area (Å²) in [6.45, 7) is 4.32. The van der Waals surface area contributed by atoms with E-state index in [9.17, 15) is 23.1 Å². The van der Waals surface area contributed by atoms with Crippen molar-refractivity contribution < 1.29 is 36.7 Å². The number of alkyl halides is 3. The number of aromatic nitrogens is 1. The summed E-state index contributed by atoms with van der Waals surface area (Å²) in [7, 11) is 0. The van der Waals surface area contributed by atoms with Gasteiger partial charge in [-0.05, 0) is 32.9 Å². The summed E-state index contributed by atoms with van der Waals surface area (Å²) in [4.78, 5) is 11.8. The summed E-state index contributed by atoms with van der Waals surface area (Å²) in [5.41, 5.74) is -2.53. The number of esters is 1. The molecule has 0 saturated heterocycles. The molecule has 0 aliphatic carbocycles. The van der Waals surface area contributed by atoms with E-state index in [0.717, 1.165) is 6.07 Å². The first-order chi connectivity index (χ1) is 11.0. The fraction of sp³-hybridized carbons (Fsp3) is 0.467. The molecule has 24 heavy (non-hydrogen) atoms. The number of ether oxygens (including phenoxy) is 1. The summed E-state index contributed by atoms with van der Waals surface area (Å²) < 4.78 is 54.3. The number of rotatable bonds is 5. The van der Waals surface area contributed by atoms with Crippen LogP contribution in [-0.2, 0) is 21.7 Å². The second-order valence-corrected chi connectivity index (χ2v) is 5.41. The van der Waals surface area contributed by atoms with Crippen LogP contribution >= 0.6 is 0 Å². The zero-order valence-corrected chi connectivity index (χ0v) is 13.2. The Morgan fingerprint density at radius 3 is 2.42 bits per heavy atom. The van der Waals surface area contributed by atoms with Crippen LogP contribution in [0.5, 0.6) is 0 Å². The molecule has 2 heterocycles. The molecular formula is C15H16F3NO5. The van der Waals surface area contributed by atoms with Crippen LogP contribution in [0.2, 0.25) is 0 Å². The standard InChI is InChI=1S/C15H16F3NO5/c1-8-4-5-12(23-8)14(21,15(16,17)18)6-13(20)22-7-11-9(2)19-24-10(11)3/h4-5,21H,6-7H2,1-3H3/t14-/m1/s1. The molecule has 2 aromatic heterocycles. The van der Waals surface area contributed by atoms with Crippen LogP contribution in [0.15, 0.2) is 21.1 Å². The number of aryl methyl sites for hydroxylation is 3. The van der Waals surface area contributed by atoms with Gasteiger partial charge in [-0.15, -0.1) is 0 Å². The van der Waals surface area contributed by atoms with Gasteiger partial charge in [0.15, 0.2) is 0 Å². The molecule has 0 radical (unpaired) electrons. The van der Waals surface area contributed by atoms with Gasteiger partial charge < -0.3 is 18.8 Å². The zero-order valence-electron chi connectivity index (χ0n) is 13.2. The summed E-state index contributed by atoms with van der Waals surface area (Å²) in [5, 5.41) is 13.7. The first kappa shape index (κ1) is 18.1. The number of aliphatic hydroxyl groups is 1. The highest BCUT2D eigenvalue weighted by Gasteiger charge is 2.58. The maximum Gasteiger partial charge on any atom is 0.425 e. The Hall–Kier alpha value is -2.29. The normalized spacial score (nSPS) is 14.5. The van der Waals surface area contributed by atoms with Crippen LogP contribution in [0, 0.1) is 20.8 Å². The predicted molar refractivity (Wildman–Crippen MR) is 73.8 cm³/mol. The van der Waals surface area contributed by atoms with E-state index in [2.05, 4.69) is 5.16 Å². The van der Waals surface area contributed by atoms with Crippen LogP contribution in [0.4, 0.5) is 13.2 Å². The highest BCUT2D eigenvalue weighted by Crippen LogP contribution is 2.42. The number of hydrogen-bond donors (Lipinski definition) is 1. The number of hydrogen-bond acceptors (Lipinski definition) is 6. The Balaban J connectivity index is 2.14. The molecule has 0 fully saturated rings. The van der Waals surface area contributed by atoms with Gasteiger partial charge >= 0.3 is 12.1 Å². The Morgan fingerprint density at radius 1 is 1.29 bits per heavy atom. The van der Waals surface area contributed by atoms with E-state index in [4.69, 9.17) is 13.7 Å². The Morgan fingerprint density at radius 2 is 1.96 bits per heavy atom. The first-order valence-corrected chi connectivity index (χ1v) is 6.98. The van der Waals surface area contributed by atoms with Crippen LogP contribution < -0.4 is 0 Å². The van der Waals surface area contributed by atoms with E-state index < -0.39 is 29.9 Å². The quantitative estimate of drug-likeness (QED) is 0.837. The highest BCUT2D eigenvalue weighted by atomic mass is 19.4. The highest BCUT2D eigenvalue weighted by molar-refractivity contribution is 5.71. The van der Waals surface area contributed by atoms with Gasteiger partial charge in [0, 0.05) is 0 Å². The second-order valence-electron chi connectivity index (χ2n) is 5.41. The molecule has 2 aromatic rings. The topological polar surface area (TPSA) is 85.7 Å². The van der Waals surface area contributed by atoms with Crippen molar-refractivity contribution in [2.75, 3.05) is 0 Å². The van der Waals surface area contributed by atoms with Crippen molar-refractivity contribution >= 4 is 5.97 Å². The van der Waals surface area contributed by atoms with E-state index in [1.807, 2.05) is 0 Å². The van der Waals surface area contributed by atoms with Gasteiger partial charge in [0.1, 0.15) is 23.9 Å². The minimum absolute atomic E-state index is 0.178. The Labute approximate surface area is 135 Å². The van der Waals surface area contributed by atoms with Crippen molar-refractivity contribution in [3.63, 3.8) is 0 Å². The van der Waals surface area contributed by atoms with Crippen LogP contribution in [0.25, 0.3) is 0 Å². The molecule has 0 saturated carbocycles. The lowest BCUT2D eigenvalue weighted by atomic mass is 9.96. The van der Waals surface area contributed by atoms with Gasteiger partial charge in [0.05, 0.1) is 17.7 Å². The second kappa shape index (κ2) is 6.31. The molecule has 132 valence electrons. The molecule has 0 bridgehead atoms. The lowest BCUT2D eigenvalue weighted by Crippen LogP contribution is -2.44. The van der Waals surface area contributed by atoms with Crippen molar-refractivity contribution in [2.24, 2.45) is 0 Å². The average Bonchev–Trinajstić information content (AvgIpc) is 3.03. The zero-order chi connectivity index (χ0) is 18.1. The number of furan rings is 1. The van der Waals surface area contributed by atoms with Crippen molar-refractivity contribution in [1.82, 2.24) is 5.16 Å². The number of carbonyl (C=O) groups excluding carboxylic acids is 1. The summed E-state index contributed by atoms with van der Waals surface area (Å²) >= 11 is 0. The van der Waals surface area contributed by atoms with Gasteiger partial charge in [-0.2, -0.15) is 13.2 Å². The SMILES string of the molecule is Cc1ccc([C@](O)(CC(=O)OCc2c(C)noc2C)C(F)(F)F)o1. The first-order valence-electron chi connectivity index (χ1n) is 6.98. The fourth-order valence-corrected chi connectivity index (χ4v) is 2.10. The summed E-state index contributed by atoms with van der Waals surface area (Å²) in [5.74, 6) is -1.42. The Bertz CT molecular complexity index is 714. The molecule has 0 amide bonds. The van der Waals surface area contributed by atoms with Crippen molar-refractivity contribution in [3.8, 4) is 0 Å². The van der Waals surface area contributed by atoms with Crippen molar-refractivity contribution in [2.45, 2.75) is 45.6 Å². The monoisotopic (exact) mass is 347 g/mol. The van der Waals surface area contributed by atoms with Gasteiger partial charge in [-0.3, -0.25) is 4.79 Å². The average molecular weight is 347 g/mol. The van der Waals surface area contributed by atoms with Gasteiger partial charge in [0.25, 0.3) is 0 Å².